The molecule has 0 saturated carbocycles. The number of likely N-dealkylation sites (N-methyl/N-ethyl adjacent to an activating group) is 1. The van der Waals surface area contributed by atoms with E-state index in [0.29, 0.717) is 13.1 Å². The Morgan fingerprint density at radius 2 is 2.16 bits per heavy atom. The van der Waals surface area contributed by atoms with E-state index in [1.165, 1.54) is 10.5 Å². The van der Waals surface area contributed by atoms with Crippen molar-refractivity contribution in [3.8, 4) is 0 Å². The first kappa shape index (κ1) is 14.4. The van der Waals surface area contributed by atoms with Crippen molar-refractivity contribution in [3.63, 3.8) is 0 Å². The van der Waals surface area contributed by atoms with Gasteiger partial charge in [0.15, 0.2) is 0 Å². The number of nitrogens with two attached hydrogens (primary N) is 1. The minimum atomic E-state index is -0.0321. The summed E-state index contributed by atoms with van der Waals surface area (Å²) in [6, 6.07) is 8.20. The molecule has 1 heterocycles. The van der Waals surface area contributed by atoms with Gasteiger partial charge in [-0.05, 0) is 23.6 Å². The summed E-state index contributed by atoms with van der Waals surface area (Å²) in [7, 11) is 1.88. The van der Waals surface area contributed by atoms with Crippen molar-refractivity contribution in [3.05, 3.63) is 29.8 Å². The molecule has 104 valence electrons. The molecule has 0 saturated heterocycles. The van der Waals surface area contributed by atoms with Crippen molar-refractivity contribution in [1.29, 1.82) is 0 Å². The van der Waals surface area contributed by atoms with Crippen LogP contribution in [-0.4, -0.2) is 36.7 Å². The Kier molecular flexibility index (Phi) is 4.21. The zero-order valence-corrected chi connectivity index (χ0v) is 12.7. The zero-order valence-electron chi connectivity index (χ0n) is 11.8. The van der Waals surface area contributed by atoms with Gasteiger partial charge in [-0.25, -0.2) is 0 Å². The molecule has 0 fully saturated rings. The van der Waals surface area contributed by atoms with Gasteiger partial charge in [-0.3, -0.25) is 4.79 Å². The molecule has 0 spiro atoms. The topological polar surface area (TPSA) is 46.3 Å². The predicted molar refractivity (Wildman–Crippen MR) is 80.4 cm³/mol. The quantitative estimate of drug-likeness (QED) is 0.919. The molecular weight excluding hydrogens is 256 g/mol. The molecular formula is C15H22N2OS. The second-order valence-corrected chi connectivity index (χ2v) is 7.03. The highest BCUT2D eigenvalue weighted by Gasteiger charge is 2.32. The number of nitrogens with zero attached hydrogens (tertiary/aromatic N) is 1. The van der Waals surface area contributed by atoms with Crippen molar-refractivity contribution in [1.82, 2.24) is 4.90 Å². The van der Waals surface area contributed by atoms with Crippen LogP contribution < -0.4 is 5.73 Å². The normalized spacial score (nSPS) is 18.2. The average molecular weight is 278 g/mol. The SMILES string of the molecule is CN(CC(C)(C)CN)C(=O)C1CSc2ccccc21. The molecule has 1 aromatic carbocycles. The first-order valence-corrected chi connectivity index (χ1v) is 7.60. The first-order chi connectivity index (χ1) is 8.94. The number of hydrogen-bond donors (Lipinski definition) is 1. The molecule has 0 aromatic heterocycles. The number of benzene rings is 1. The summed E-state index contributed by atoms with van der Waals surface area (Å²) in [4.78, 5) is 15.6. The van der Waals surface area contributed by atoms with Gasteiger partial charge in [0.1, 0.15) is 0 Å². The van der Waals surface area contributed by atoms with Crippen molar-refractivity contribution in [2.75, 3.05) is 25.9 Å². The van der Waals surface area contributed by atoms with Gasteiger partial charge in [-0.1, -0.05) is 32.0 Å². The second kappa shape index (κ2) is 5.55. The molecule has 2 N–H and O–H groups in total. The molecule has 0 aliphatic carbocycles. The van der Waals surface area contributed by atoms with E-state index in [1.807, 2.05) is 24.1 Å². The van der Waals surface area contributed by atoms with Gasteiger partial charge in [0.25, 0.3) is 0 Å². The predicted octanol–water partition coefficient (Wildman–Crippen LogP) is 2.32. The van der Waals surface area contributed by atoms with E-state index in [9.17, 15) is 4.79 Å². The maximum Gasteiger partial charge on any atom is 0.230 e. The third kappa shape index (κ3) is 3.12. The molecule has 1 aliphatic heterocycles. The molecule has 1 aliphatic rings. The van der Waals surface area contributed by atoms with Gasteiger partial charge in [0, 0.05) is 24.2 Å². The number of hydrogen-bond acceptors (Lipinski definition) is 3. The van der Waals surface area contributed by atoms with Gasteiger partial charge in [0.05, 0.1) is 5.92 Å². The average Bonchev–Trinajstić information content (AvgIpc) is 2.81. The van der Waals surface area contributed by atoms with Crippen molar-refractivity contribution >= 4 is 17.7 Å². The van der Waals surface area contributed by atoms with Gasteiger partial charge in [0.2, 0.25) is 5.91 Å². The molecule has 0 radical (unpaired) electrons. The van der Waals surface area contributed by atoms with Gasteiger partial charge < -0.3 is 10.6 Å². The minimum Gasteiger partial charge on any atom is -0.345 e. The molecule has 1 amide bonds. The Balaban J connectivity index is 2.09. The summed E-state index contributed by atoms with van der Waals surface area (Å²) in [5.41, 5.74) is 6.89. The molecule has 2 rings (SSSR count). The zero-order chi connectivity index (χ0) is 14.0. The summed E-state index contributed by atoms with van der Waals surface area (Å²) < 4.78 is 0. The van der Waals surface area contributed by atoms with Crippen LogP contribution in [0.15, 0.2) is 29.2 Å². The molecule has 0 bridgehead atoms. The lowest BCUT2D eigenvalue weighted by molar-refractivity contribution is -0.132. The number of thioether (sulfide) groups is 1. The van der Waals surface area contributed by atoms with Crippen LogP contribution in [0.5, 0.6) is 0 Å². The van der Waals surface area contributed by atoms with E-state index in [2.05, 4.69) is 26.0 Å². The highest BCUT2D eigenvalue weighted by molar-refractivity contribution is 7.99. The van der Waals surface area contributed by atoms with Crippen LogP contribution in [0.3, 0.4) is 0 Å². The fourth-order valence-electron chi connectivity index (χ4n) is 2.42. The lowest BCUT2D eigenvalue weighted by atomic mass is 9.92. The van der Waals surface area contributed by atoms with E-state index in [-0.39, 0.29) is 17.2 Å². The smallest absolute Gasteiger partial charge is 0.230 e. The standard InChI is InChI=1S/C15H22N2OS/c1-15(2,9-16)10-17(3)14(18)12-8-19-13-7-5-4-6-11(12)13/h4-7,12H,8-10,16H2,1-3H3. The Morgan fingerprint density at radius 1 is 1.47 bits per heavy atom. The summed E-state index contributed by atoms with van der Waals surface area (Å²) in [5.74, 6) is 1.06. The fourth-order valence-corrected chi connectivity index (χ4v) is 3.64. The Hall–Kier alpha value is -1.00. The lowest BCUT2D eigenvalue weighted by Crippen LogP contribution is -2.41. The van der Waals surface area contributed by atoms with Crippen LogP contribution >= 0.6 is 11.8 Å². The van der Waals surface area contributed by atoms with E-state index in [0.717, 1.165) is 5.75 Å². The first-order valence-electron chi connectivity index (χ1n) is 6.61. The molecule has 1 atom stereocenters. The molecule has 1 unspecified atom stereocenters. The molecule has 1 aromatic rings. The van der Waals surface area contributed by atoms with Crippen molar-refractivity contribution in [2.24, 2.45) is 11.1 Å². The van der Waals surface area contributed by atoms with E-state index in [1.54, 1.807) is 11.8 Å². The van der Waals surface area contributed by atoms with Crippen LogP contribution in [0.2, 0.25) is 0 Å². The number of carbonyl (C=O) groups is 1. The van der Waals surface area contributed by atoms with Crippen molar-refractivity contribution in [2.45, 2.75) is 24.7 Å². The number of amides is 1. The molecule has 3 nitrogen and oxygen atoms in total. The van der Waals surface area contributed by atoms with Crippen LogP contribution in [0.4, 0.5) is 0 Å². The minimum absolute atomic E-state index is 0.000209. The lowest BCUT2D eigenvalue weighted by Gasteiger charge is -2.30. The summed E-state index contributed by atoms with van der Waals surface area (Å²) in [5, 5.41) is 0. The number of fused-ring (bicyclic) bond motifs is 1. The highest BCUT2D eigenvalue weighted by Crippen LogP contribution is 2.40. The largest absolute Gasteiger partial charge is 0.345 e. The summed E-state index contributed by atoms with van der Waals surface area (Å²) >= 11 is 1.77. The molecule has 4 heteroatoms. The fraction of sp³-hybridized carbons (Fsp3) is 0.533. The second-order valence-electron chi connectivity index (χ2n) is 5.96. The summed E-state index contributed by atoms with van der Waals surface area (Å²) in [6.45, 7) is 5.47. The summed E-state index contributed by atoms with van der Waals surface area (Å²) in [6.07, 6.45) is 0. The van der Waals surface area contributed by atoms with Crippen molar-refractivity contribution < 1.29 is 4.79 Å². The monoisotopic (exact) mass is 278 g/mol. The van der Waals surface area contributed by atoms with E-state index >= 15 is 0 Å². The van der Waals surface area contributed by atoms with Gasteiger partial charge >= 0.3 is 0 Å². The Morgan fingerprint density at radius 3 is 2.84 bits per heavy atom. The third-order valence-corrected chi connectivity index (χ3v) is 4.77. The van der Waals surface area contributed by atoms with Crippen LogP contribution in [0, 0.1) is 5.41 Å². The maximum atomic E-state index is 12.6. The number of rotatable bonds is 4. The Bertz CT molecular complexity index is 473. The van der Waals surface area contributed by atoms with E-state index < -0.39 is 0 Å². The van der Waals surface area contributed by atoms with Crippen LogP contribution in [0.25, 0.3) is 0 Å². The Labute approximate surface area is 119 Å². The van der Waals surface area contributed by atoms with Crippen LogP contribution in [-0.2, 0) is 4.79 Å². The van der Waals surface area contributed by atoms with E-state index in [4.69, 9.17) is 5.73 Å². The maximum absolute atomic E-state index is 12.6. The van der Waals surface area contributed by atoms with Gasteiger partial charge in [-0.2, -0.15) is 0 Å². The molecule has 19 heavy (non-hydrogen) atoms. The third-order valence-electron chi connectivity index (χ3n) is 3.59. The number of carbonyl (C=O) groups excluding carboxylic acids is 1. The van der Waals surface area contributed by atoms with Crippen LogP contribution in [0.1, 0.15) is 25.3 Å². The highest BCUT2D eigenvalue weighted by atomic mass is 32.2. The van der Waals surface area contributed by atoms with Gasteiger partial charge in [-0.15, -0.1) is 11.8 Å².